The highest BCUT2D eigenvalue weighted by molar-refractivity contribution is 7.09. The van der Waals surface area contributed by atoms with Gasteiger partial charge in [-0.15, -0.1) is 16.4 Å². The van der Waals surface area contributed by atoms with Gasteiger partial charge >= 0.3 is 5.97 Å². The highest BCUT2D eigenvalue weighted by Gasteiger charge is 2.20. The Morgan fingerprint density at radius 3 is 2.86 bits per heavy atom. The lowest BCUT2D eigenvalue weighted by Crippen LogP contribution is -2.15. The minimum atomic E-state index is -0.495. The largest absolute Gasteiger partial charge is 0.464 e. The number of nitrogens with two attached hydrogens (primary N) is 1. The maximum absolute atomic E-state index is 11.7. The zero-order valence-electron chi connectivity index (χ0n) is 12.4. The summed E-state index contributed by atoms with van der Waals surface area (Å²) in [6.07, 6.45) is 0.513. The van der Waals surface area contributed by atoms with Crippen LogP contribution in [-0.4, -0.2) is 39.6 Å². The number of hydrogen-bond acceptors (Lipinski definition) is 7. The molecule has 0 fully saturated rings. The number of ether oxygens (including phenoxy) is 1. The molecule has 114 valence electrons. The van der Waals surface area contributed by atoms with Gasteiger partial charge in [-0.05, 0) is 6.54 Å². The first kappa shape index (κ1) is 15.6. The minimum Gasteiger partial charge on any atom is -0.464 e. The fourth-order valence-corrected chi connectivity index (χ4v) is 2.74. The second kappa shape index (κ2) is 6.77. The first-order valence-electron chi connectivity index (χ1n) is 6.71. The summed E-state index contributed by atoms with van der Waals surface area (Å²) in [5.41, 5.74) is 7.42. The summed E-state index contributed by atoms with van der Waals surface area (Å²) in [6.45, 7) is 5.09. The van der Waals surface area contributed by atoms with Crippen molar-refractivity contribution in [2.75, 3.05) is 13.7 Å². The van der Waals surface area contributed by atoms with Crippen molar-refractivity contribution in [1.29, 1.82) is 0 Å². The van der Waals surface area contributed by atoms with Gasteiger partial charge in [-0.2, -0.15) is 0 Å². The van der Waals surface area contributed by atoms with Gasteiger partial charge in [0.15, 0.2) is 5.69 Å². The Hall–Kier alpha value is -1.80. The molecule has 0 saturated carbocycles. The topological polar surface area (TPSA) is 95.9 Å². The van der Waals surface area contributed by atoms with E-state index in [2.05, 4.69) is 29.1 Å². The summed E-state index contributed by atoms with van der Waals surface area (Å²) in [5, 5.41) is 11.0. The van der Waals surface area contributed by atoms with E-state index in [1.165, 1.54) is 7.11 Å². The first-order chi connectivity index (χ1) is 10.1. The summed E-state index contributed by atoms with van der Waals surface area (Å²) in [7, 11) is 1.32. The van der Waals surface area contributed by atoms with Gasteiger partial charge in [-0.3, -0.25) is 0 Å². The van der Waals surface area contributed by atoms with Crippen LogP contribution in [0, 0.1) is 0 Å². The monoisotopic (exact) mass is 309 g/mol. The molecule has 8 heteroatoms. The van der Waals surface area contributed by atoms with Gasteiger partial charge in [0, 0.05) is 17.7 Å². The third-order valence-corrected chi connectivity index (χ3v) is 4.17. The summed E-state index contributed by atoms with van der Waals surface area (Å²) >= 11 is 1.62. The second-order valence-corrected chi connectivity index (χ2v) is 5.79. The zero-order valence-corrected chi connectivity index (χ0v) is 13.2. The van der Waals surface area contributed by atoms with E-state index in [1.807, 2.05) is 5.38 Å². The van der Waals surface area contributed by atoms with Crippen LogP contribution in [0.1, 0.15) is 46.6 Å². The lowest BCUT2D eigenvalue weighted by Gasteiger charge is -2.05. The molecule has 2 aromatic rings. The number of methoxy groups -OCH3 is 1. The smallest absolute Gasteiger partial charge is 0.360 e. The molecule has 0 radical (unpaired) electrons. The second-order valence-electron chi connectivity index (χ2n) is 4.90. The predicted molar refractivity (Wildman–Crippen MR) is 79.4 cm³/mol. The first-order valence-corrected chi connectivity index (χ1v) is 7.59. The van der Waals surface area contributed by atoms with Crippen LogP contribution >= 0.6 is 11.3 Å². The van der Waals surface area contributed by atoms with E-state index in [0.717, 1.165) is 10.7 Å². The third kappa shape index (κ3) is 3.45. The number of thiazole rings is 1. The molecule has 0 saturated heterocycles. The normalized spacial score (nSPS) is 11.1. The number of carbonyl (C=O) groups is 1. The number of aromatic nitrogens is 4. The summed E-state index contributed by atoms with van der Waals surface area (Å²) < 4.78 is 6.38. The van der Waals surface area contributed by atoms with Crippen LogP contribution in [0.15, 0.2) is 5.38 Å². The highest BCUT2D eigenvalue weighted by atomic mass is 32.1. The molecule has 0 unspecified atom stereocenters. The van der Waals surface area contributed by atoms with Crippen LogP contribution in [0.2, 0.25) is 0 Å². The van der Waals surface area contributed by atoms with Crippen LogP contribution in [0.25, 0.3) is 0 Å². The number of esters is 1. The van der Waals surface area contributed by atoms with E-state index in [-0.39, 0.29) is 5.69 Å². The molecular weight excluding hydrogens is 290 g/mol. The van der Waals surface area contributed by atoms with Crippen molar-refractivity contribution in [3.05, 3.63) is 27.5 Å². The van der Waals surface area contributed by atoms with Gasteiger partial charge < -0.3 is 10.5 Å². The summed E-state index contributed by atoms with van der Waals surface area (Å²) in [5.74, 6) is -0.0977. The molecule has 2 heterocycles. The highest BCUT2D eigenvalue weighted by Crippen LogP contribution is 2.20. The fraction of sp³-hybridized carbons (Fsp3) is 0.538. The molecule has 2 rings (SSSR count). The van der Waals surface area contributed by atoms with E-state index in [1.54, 1.807) is 16.0 Å². The Kier molecular flexibility index (Phi) is 5.03. The molecule has 0 spiro atoms. The molecule has 0 aliphatic carbocycles. The molecule has 21 heavy (non-hydrogen) atoms. The molecule has 2 aromatic heterocycles. The lowest BCUT2D eigenvalue weighted by atomic mass is 10.2. The van der Waals surface area contributed by atoms with Crippen molar-refractivity contribution >= 4 is 17.3 Å². The van der Waals surface area contributed by atoms with E-state index in [4.69, 9.17) is 10.5 Å². The average molecular weight is 309 g/mol. The van der Waals surface area contributed by atoms with Gasteiger partial charge in [0.2, 0.25) is 0 Å². The van der Waals surface area contributed by atoms with Gasteiger partial charge in [0.05, 0.1) is 30.1 Å². The van der Waals surface area contributed by atoms with Crippen molar-refractivity contribution in [2.45, 2.75) is 32.7 Å². The Morgan fingerprint density at radius 1 is 1.52 bits per heavy atom. The van der Waals surface area contributed by atoms with Crippen molar-refractivity contribution in [3.63, 3.8) is 0 Å². The number of hydrogen-bond donors (Lipinski definition) is 1. The van der Waals surface area contributed by atoms with Gasteiger partial charge in [-0.1, -0.05) is 19.1 Å². The Balaban J connectivity index is 2.26. The van der Waals surface area contributed by atoms with Crippen molar-refractivity contribution in [1.82, 2.24) is 20.0 Å². The van der Waals surface area contributed by atoms with E-state index < -0.39 is 5.97 Å². The van der Waals surface area contributed by atoms with Crippen LogP contribution < -0.4 is 5.73 Å². The Bertz CT molecular complexity index is 620. The number of nitrogens with zero attached hydrogens (tertiary/aromatic N) is 4. The zero-order chi connectivity index (χ0) is 15.4. The molecule has 0 aliphatic heterocycles. The molecule has 0 aromatic carbocycles. The number of carbonyl (C=O) groups excluding carboxylic acids is 1. The third-order valence-electron chi connectivity index (χ3n) is 2.97. The van der Waals surface area contributed by atoms with Crippen LogP contribution in [0.4, 0.5) is 0 Å². The predicted octanol–water partition coefficient (Wildman–Crippen LogP) is 1.19. The molecule has 7 nitrogen and oxygen atoms in total. The molecule has 0 aliphatic rings. The molecule has 0 atom stereocenters. The average Bonchev–Trinajstić information content (AvgIpc) is 3.07. The van der Waals surface area contributed by atoms with Crippen LogP contribution in [0.5, 0.6) is 0 Å². The quantitative estimate of drug-likeness (QED) is 0.805. The fourth-order valence-electron chi connectivity index (χ4n) is 1.91. The summed E-state index contributed by atoms with van der Waals surface area (Å²) in [6, 6.07) is 0. The van der Waals surface area contributed by atoms with Gasteiger partial charge in [-0.25, -0.2) is 14.5 Å². The molecular formula is C13H19N5O2S. The van der Waals surface area contributed by atoms with Crippen LogP contribution in [0.3, 0.4) is 0 Å². The SMILES string of the molecule is COC(=O)c1nnn(Cc2csc(C(C)C)n2)c1CCN. The maximum atomic E-state index is 11.7. The van der Waals surface area contributed by atoms with Crippen molar-refractivity contribution < 1.29 is 9.53 Å². The van der Waals surface area contributed by atoms with Crippen molar-refractivity contribution in [3.8, 4) is 0 Å². The van der Waals surface area contributed by atoms with Crippen LogP contribution in [-0.2, 0) is 17.7 Å². The number of rotatable bonds is 6. The molecule has 0 bridgehead atoms. The standard InChI is InChI=1S/C13H19N5O2S/c1-8(2)12-15-9(7-21-12)6-18-10(4-5-14)11(16-17-18)13(19)20-3/h7-8H,4-6,14H2,1-3H3. The van der Waals surface area contributed by atoms with Gasteiger partial charge in [0.25, 0.3) is 0 Å². The Morgan fingerprint density at radius 2 is 2.29 bits per heavy atom. The summed E-state index contributed by atoms with van der Waals surface area (Å²) in [4.78, 5) is 16.2. The molecule has 2 N–H and O–H groups in total. The van der Waals surface area contributed by atoms with Gasteiger partial charge in [0.1, 0.15) is 0 Å². The lowest BCUT2D eigenvalue weighted by molar-refractivity contribution is 0.0592. The molecule has 0 amide bonds. The van der Waals surface area contributed by atoms with E-state index >= 15 is 0 Å². The van der Waals surface area contributed by atoms with E-state index in [0.29, 0.717) is 31.1 Å². The Labute approximate surface area is 127 Å². The minimum absolute atomic E-state index is 0.224. The van der Waals surface area contributed by atoms with Crippen molar-refractivity contribution in [2.24, 2.45) is 5.73 Å². The maximum Gasteiger partial charge on any atom is 0.360 e. The van der Waals surface area contributed by atoms with E-state index in [9.17, 15) is 4.79 Å².